The van der Waals surface area contributed by atoms with Crippen molar-refractivity contribution in [1.29, 1.82) is 0 Å². The van der Waals surface area contributed by atoms with Crippen molar-refractivity contribution in [2.45, 2.75) is 32.1 Å². The maximum Gasteiger partial charge on any atom is 0.162 e. The minimum Gasteiger partial charge on any atom is -0.398 e. The van der Waals surface area contributed by atoms with Crippen molar-refractivity contribution in [2.24, 2.45) is 5.41 Å². The average Bonchev–Trinajstić information content (AvgIpc) is 3.66. The number of benzene rings is 2. The summed E-state index contributed by atoms with van der Waals surface area (Å²) in [6, 6.07) is 14.2. The van der Waals surface area contributed by atoms with Gasteiger partial charge < -0.3 is 21.7 Å². The molecule has 9 heteroatoms. The van der Waals surface area contributed by atoms with Crippen molar-refractivity contribution in [3.8, 4) is 11.4 Å². The highest BCUT2D eigenvalue weighted by Crippen LogP contribution is 2.38. The number of nitrogen functional groups attached to an aromatic ring is 1. The number of piperidine rings is 1. The molecule has 1 fully saturated rings. The van der Waals surface area contributed by atoms with Crippen LogP contribution in [0.5, 0.6) is 0 Å². The Balaban J connectivity index is 1.18. The molecule has 1 saturated heterocycles. The van der Waals surface area contributed by atoms with Gasteiger partial charge in [0.1, 0.15) is 0 Å². The molecular formula is C32H36N8S. The SMILES string of the molecule is C=CNCCC1(CC/C=C/c2ccc(-c3nc(Nc4ccc5[nH]ncc5c4)c4sccc4n3)cc2N)CCNCC1. The van der Waals surface area contributed by atoms with Crippen molar-refractivity contribution >= 4 is 55.7 Å². The van der Waals surface area contributed by atoms with Crippen molar-refractivity contribution in [3.63, 3.8) is 0 Å². The molecule has 0 aliphatic carbocycles. The van der Waals surface area contributed by atoms with Crippen molar-refractivity contribution in [1.82, 2.24) is 30.8 Å². The number of rotatable bonds is 11. The van der Waals surface area contributed by atoms with Crippen LogP contribution in [-0.2, 0) is 0 Å². The quantitative estimate of drug-likeness (QED) is 0.0880. The second kappa shape index (κ2) is 12.1. The van der Waals surface area contributed by atoms with E-state index in [2.05, 4.69) is 63.1 Å². The summed E-state index contributed by atoms with van der Waals surface area (Å²) >= 11 is 1.62. The Kier molecular flexibility index (Phi) is 7.98. The second-order valence-corrected chi connectivity index (χ2v) is 11.7. The fourth-order valence-corrected chi connectivity index (χ4v) is 6.50. The van der Waals surface area contributed by atoms with Crippen LogP contribution in [0.15, 0.2) is 72.9 Å². The number of aromatic nitrogens is 4. The molecule has 41 heavy (non-hydrogen) atoms. The predicted molar refractivity (Wildman–Crippen MR) is 172 cm³/mol. The third-order valence-electron chi connectivity index (χ3n) is 8.10. The predicted octanol–water partition coefficient (Wildman–Crippen LogP) is 6.85. The Morgan fingerprint density at radius 2 is 1.98 bits per heavy atom. The van der Waals surface area contributed by atoms with E-state index in [4.69, 9.17) is 15.7 Å². The third-order valence-corrected chi connectivity index (χ3v) is 9.01. The molecule has 4 heterocycles. The van der Waals surface area contributed by atoms with Gasteiger partial charge >= 0.3 is 0 Å². The lowest BCUT2D eigenvalue weighted by Crippen LogP contribution is -2.38. The van der Waals surface area contributed by atoms with Gasteiger partial charge in [0.25, 0.3) is 0 Å². The van der Waals surface area contributed by atoms with Crippen LogP contribution in [0.25, 0.3) is 38.6 Å². The lowest BCUT2D eigenvalue weighted by molar-refractivity contribution is 0.171. The van der Waals surface area contributed by atoms with Gasteiger partial charge in [-0.2, -0.15) is 5.10 Å². The van der Waals surface area contributed by atoms with Crippen LogP contribution in [0.4, 0.5) is 17.2 Å². The van der Waals surface area contributed by atoms with E-state index in [9.17, 15) is 0 Å². The van der Waals surface area contributed by atoms with Crippen LogP contribution >= 0.6 is 11.3 Å². The fourth-order valence-electron chi connectivity index (χ4n) is 5.72. The number of anilines is 3. The summed E-state index contributed by atoms with van der Waals surface area (Å²) < 4.78 is 1.01. The first-order valence-electron chi connectivity index (χ1n) is 14.2. The van der Waals surface area contributed by atoms with Crippen molar-refractivity contribution in [2.75, 3.05) is 30.7 Å². The smallest absolute Gasteiger partial charge is 0.162 e. The molecule has 5 aromatic rings. The number of nitrogens with two attached hydrogens (primary N) is 1. The summed E-state index contributed by atoms with van der Waals surface area (Å²) in [5, 5.41) is 20.5. The molecule has 8 nitrogen and oxygen atoms in total. The van der Waals surface area contributed by atoms with E-state index in [0.717, 1.165) is 75.5 Å². The molecule has 0 radical (unpaired) electrons. The van der Waals surface area contributed by atoms with Gasteiger partial charge in [-0.3, -0.25) is 5.10 Å². The zero-order valence-electron chi connectivity index (χ0n) is 23.1. The number of nitrogens with one attached hydrogen (secondary N) is 4. The molecule has 0 unspecified atom stereocenters. The topological polar surface area (TPSA) is 117 Å². The highest BCUT2D eigenvalue weighted by Gasteiger charge is 2.30. The molecular weight excluding hydrogens is 528 g/mol. The Morgan fingerprint density at radius 3 is 2.83 bits per heavy atom. The summed E-state index contributed by atoms with van der Waals surface area (Å²) in [5.41, 5.74) is 12.4. The monoisotopic (exact) mass is 564 g/mol. The van der Waals surface area contributed by atoms with E-state index >= 15 is 0 Å². The molecule has 0 spiro atoms. The van der Waals surface area contributed by atoms with E-state index in [1.807, 2.05) is 35.8 Å². The van der Waals surface area contributed by atoms with Gasteiger partial charge in [0.2, 0.25) is 0 Å². The van der Waals surface area contributed by atoms with Crippen LogP contribution in [0.1, 0.15) is 37.7 Å². The molecule has 210 valence electrons. The normalized spacial score (nSPS) is 15.0. The fraction of sp³-hybridized carbons (Fsp3) is 0.281. The Labute approximate surface area is 244 Å². The molecule has 1 aliphatic heterocycles. The zero-order valence-corrected chi connectivity index (χ0v) is 23.9. The van der Waals surface area contributed by atoms with Gasteiger partial charge in [0.15, 0.2) is 11.6 Å². The first-order chi connectivity index (χ1) is 20.1. The van der Waals surface area contributed by atoms with Gasteiger partial charge in [-0.15, -0.1) is 11.3 Å². The Hall–Kier alpha value is -4.21. The first-order valence-corrected chi connectivity index (χ1v) is 15.1. The number of thiophene rings is 1. The van der Waals surface area contributed by atoms with Crippen LogP contribution < -0.4 is 21.7 Å². The standard InChI is InChI=1S/C32H36N8S/c1-2-34-15-12-32(13-16-35-17-14-32)11-4-3-5-22-6-7-23(20-26(22)33)30-38-28-10-18-41-29(28)31(39-30)37-25-8-9-27-24(19-25)21-36-40-27/h2-3,5-10,18-21,34-35H,1,4,11-17,33H2,(H,36,40)(H,37,38,39)/b5-3+. The van der Waals surface area contributed by atoms with E-state index < -0.39 is 0 Å². The van der Waals surface area contributed by atoms with Crippen LogP contribution in [0.2, 0.25) is 0 Å². The van der Waals surface area contributed by atoms with E-state index in [1.165, 1.54) is 25.7 Å². The molecule has 0 amide bonds. The highest BCUT2D eigenvalue weighted by molar-refractivity contribution is 7.17. The molecule has 2 aromatic carbocycles. The maximum absolute atomic E-state index is 6.53. The molecule has 6 N–H and O–H groups in total. The van der Waals surface area contributed by atoms with Crippen LogP contribution in [-0.4, -0.2) is 39.8 Å². The summed E-state index contributed by atoms with van der Waals surface area (Å²) in [6.45, 7) is 6.97. The van der Waals surface area contributed by atoms with Crippen molar-refractivity contribution < 1.29 is 0 Å². The maximum atomic E-state index is 6.53. The molecule has 3 aromatic heterocycles. The molecule has 0 bridgehead atoms. The number of H-pyrrole nitrogens is 1. The first kappa shape index (κ1) is 27.0. The van der Waals surface area contributed by atoms with E-state index in [1.54, 1.807) is 17.5 Å². The van der Waals surface area contributed by atoms with E-state index in [-0.39, 0.29) is 0 Å². The average molecular weight is 565 g/mol. The van der Waals surface area contributed by atoms with Crippen LogP contribution in [0, 0.1) is 5.41 Å². The lowest BCUT2D eigenvalue weighted by atomic mass is 9.72. The molecule has 0 saturated carbocycles. The third kappa shape index (κ3) is 6.11. The highest BCUT2D eigenvalue weighted by atomic mass is 32.1. The molecule has 6 rings (SSSR count). The number of fused-ring (bicyclic) bond motifs is 2. The summed E-state index contributed by atoms with van der Waals surface area (Å²) in [7, 11) is 0. The van der Waals surface area contributed by atoms with Gasteiger partial charge in [-0.1, -0.05) is 30.9 Å². The zero-order chi connectivity index (χ0) is 28.1. The number of nitrogens with zero attached hydrogens (tertiary/aromatic N) is 3. The summed E-state index contributed by atoms with van der Waals surface area (Å²) in [4.78, 5) is 9.76. The number of hydrogen-bond donors (Lipinski definition) is 5. The van der Waals surface area contributed by atoms with Crippen molar-refractivity contribution in [3.05, 3.63) is 78.5 Å². The minimum absolute atomic E-state index is 0.384. The number of allylic oxidation sites excluding steroid dienone is 1. The van der Waals surface area contributed by atoms with Gasteiger partial charge in [0, 0.05) is 28.9 Å². The summed E-state index contributed by atoms with van der Waals surface area (Å²) in [5.74, 6) is 1.42. The lowest BCUT2D eigenvalue weighted by Gasteiger charge is -2.38. The second-order valence-electron chi connectivity index (χ2n) is 10.8. The Morgan fingerprint density at radius 1 is 1.07 bits per heavy atom. The van der Waals surface area contributed by atoms with Gasteiger partial charge in [-0.25, -0.2) is 9.97 Å². The van der Waals surface area contributed by atoms with Gasteiger partial charge in [0.05, 0.1) is 21.9 Å². The largest absolute Gasteiger partial charge is 0.398 e. The van der Waals surface area contributed by atoms with Gasteiger partial charge in [-0.05, 0) is 98.1 Å². The minimum atomic E-state index is 0.384. The molecule has 0 atom stereocenters. The van der Waals surface area contributed by atoms with E-state index in [0.29, 0.717) is 11.2 Å². The number of aromatic amines is 1. The number of hydrogen-bond acceptors (Lipinski definition) is 8. The summed E-state index contributed by atoms with van der Waals surface area (Å²) in [6.07, 6.45) is 13.9. The molecule has 1 aliphatic rings. The van der Waals surface area contributed by atoms with Crippen LogP contribution in [0.3, 0.4) is 0 Å². The Bertz CT molecular complexity index is 1680.